The normalized spacial score (nSPS) is 10.6. The van der Waals surface area contributed by atoms with Crippen LogP contribution in [0.1, 0.15) is 22.3 Å². The van der Waals surface area contributed by atoms with Crippen LogP contribution in [-0.4, -0.2) is 7.11 Å². The van der Waals surface area contributed by atoms with Crippen LogP contribution in [0.3, 0.4) is 0 Å². The molecule has 0 aliphatic rings. The van der Waals surface area contributed by atoms with Crippen molar-refractivity contribution in [3.05, 3.63) is 87.1 Å². The van der Waals surface area contributed by atoms with E-state index >= 15 is 0 Å². The Morgan fingerprint density at radius 1 is 1.04 bits per heavy atom. The van der Waals surface area contributed by atoms with Gasteiger partial charge in [-0.2, -0.15) is 0 Å². The van der Waals surface area contributed by atoms with Crippen molar-refractivity contribution in [3.8, 4) is 11.5 Å². The topological polar surface area (TPSA) is 30.5 Å². The Balaban J connectivity index is 1.75. The van der Waals surface area contributed by atoms with E-state index in [1.807, 2.05) is 18.2 Å². The summed E-state index contributed by atoms with van der Waals surface area (Å²) in [5.41, 5.74) is 5.13. The van der Waals surface area contributed by atoms with Gasteiger partial charge in [-0.1, -0.05) is 30.3 Å². The maximum Gasteiger partial charge on any atom is 0.175 e. The van der Waals surface area contributed by atoms with Gasteiger partial charge < -0.3 is 14.8 Å². The molecule has 0 amide bonds. The van der Waals surface area contributed by atoms with E-state index in [0.717, 1.165) is 15.7 Å². The number of halogens is 2. The number of hydrogen-bond acceptors (Lipinski definition) is 3. The molecule has 0 radical (unpaired) electrons. The second-order valence-corrected chi connectivity index (χ2v) is 7.44. The SMILES string of the molecule is COc1cc(CNc2cccc(C)c2C)cc(Br)c1OCc1ccccc1F. The molecule has 5 heteroatoms. The van der Waals surface area contributed by atoms with Gasteiger partial charge in [0.05, 0.1) is 11.6 Å². The lowest BCUT2D eigenvalue weighted by molar-refractivity contribution is 0.277. The van der Waals surface area contributed by atoms with Gasteiger partial charge in [-0.25, -0.2) is 4.39 Å². The van der Waals surface area contributed by atoms with Gasteiger partial charge in [-0.3, -0.25) is 0 Å². The predicted octanol–water partition coefficient (Wildman–Crippen LogP) is 6.40. The first-order valence-corrected chi connectivity index (χ1v) is 9.81. The Labute approximate surface area is 173 Å². The molecule has 0 bridgehead atoms. The third-order valence-corrected chi connectivity index (χ3v) is 5.30. The molecule has 0 saturated heterocycles. The number of anilines is 1. The van der Waals surface area contributed by atoms with E-state index in [1.54, 1.807) is 25.3 Å². The first-order valence-electron chi connectivity index (χ1n) is 9.02. The highest BCUT2D eigenvalue weighted by Gasteiger charge is 2.13. The van der Waals surface area contributed by atoms with E-state index in [0.29, 0.717) is 23.6 Å². The summed E-state index contributed by atoms with van der Waals surface area (Å²) < 4.78 is 25.9. The number of methoxy groups -OCH3 is 1. The molecule has 0 aliphatic heterocycles. The third-order valence-electron chi connectivity index (χ3n) is 4.71. The highest BCUT2D eigenvalue weighted by atomic mass is 79.9. The summed E-state index contributed by atoms with van der Waals surface area (Å²) in [4.78, 5) is 0. The van der Waals surface area contributed by atoms with Crippen LogP contribution in [0.4, 0.5) is 10.1 Å². The van der Waals surface area contributed by atoms with Crippen LogP contribution in [-0.2, 0) is 13.2 Å². The fourth-order valence-electron chi connectivity index (χ4n) is 2.92. The lowest BCUT2D eigenvalue weighted by Crippen LogP contribution is -2.04. The summed E-state index contributed by atoms with van der Waals surface area (Å²) in [6.45, 7) is 4.98. The fourth-order valence-corrected chi connectivity index (χ4v) is 3.52. The quantitative estimate of drug-likeness (QED) is 0.457. The van der Waals surface area contributed by atoms with Gasteiger partial charge in [0.2, 0.25) is 0 Å². The van der Waals surface area contributed by atoms with Crippen molar-refractivity contribution in [1.29, 1.82) is 0 Å². The number of nitrogens with one attached hydrogen (secondary N) is 1. The molecule has 0 saturated carbocycles. The minimum Gasteiger partial charge on any atom is -0.493 e. The number of ether oxygens (including phenoxy) is 2. The summed E-state index contributed by atoms with van der Waals surface area (Å²) in [5, 5.41) is 3.47. The molecule has 0 spiro atoms. The second-order valence-electron chi connectivity index (χ2n) is 6.59. The van der Waals surface area contributed by atoms with Gasteiger partial charge in [0.1, 0.15) is 12.4 Å². The molecule has 0 aromatic heterocycles. The Hall–Kier alpha value is -2.53. The minimum absolute atomic E-state index is 0.127. The average Bonchev–Trinajstić information content (AvgIpc) is 2.69. The van der Waals surface area contributed by atoms with Crippen LogP contribution >= 0.6 is 15.9 Å². The first-order chi connectivity index (χ1) is 13.5. The van der Waals surface area contributed by atoms with Crippen molar-refractivity contribution in [3.63, 3.8) is 0 Å². The van der Waals surface area contributed by atoms with Crippen LogP contribution in [0.2, 0.25) is 0 Å². The van der Waals surface area contributed by atoms with Crippen molar-refractivity contribution in [2.24, 2.45) is 0 Å². The van der Waals surface area contributed by atoms with Crippen molar-refractivity contribution in [2.45, 2.75) is 27.0 Å². The third kappa shape index (κ3) is 4.65. The Morgan fingerprint density at radius 3 is 2.57 bits per heavy atom. The molecule has 3 nitrogen and oxygen atoms in total. The fraction of sp³-hybridized carbons (Fsp3) is 0.217. The zero-order chi connectivity index (χ0) is 20.1. The number of aryl methyl sites for hydroxylation is 1. The number of hydrogen-bond donors (Lipinski definition) is 1. The van der Waals surface area contributed by atoms with Gasteiger partial charge in [0.25, 0.3) is 0 Å². The maximum absolute atomic E-state index is 13.8. The van der Waals surface area contributed by atoms with Gasteiger partial charge >= 0.3 is 0 Å². The number of rotatable bonds is 7. The van der Waals surface area contributed by atoms with Crippen LogP contribution in [0.15, 0.2) is 59.1 Å². The zero-order valence-electron chi connectivity index (χ0n) is 16.2. The monoisotopic (exact) mass is 443 g/mol. The summed E-state index contributed by atoms with van der Waals surface area (Å²) in [5.74, 6) is 0.872. The molecule has 0 aliphatic carbocycles. The van der Waals surface area contributed by atoms with Crippen molar-refractivity contribution < 1.29 is 13.9 Å². The molecule has 146 valence electrons. The molecule has 3 aromatic carbocycles. The summed E-state index contributed by atoms with van der Waals surface area (Å²) >= 11 is 3.56. The van der Waals surface area contributed by atoms with Gasteiger partial charge in [0, 0.05) is 17.8 Å². The molecular formula is C23H23BrFNO2. The van der Waals surface area contributed by atoms with Crippen molar-refractivity contribution >= 4 is 21.6 Å². The molecular weight excluding hydrogens is 421 g/mol. The van der Waals surface area contributed by atoms with Crippen molar-refractivity contribution in [2.75, 3.05) is 12.4 Å². The Kier molecular flexibility index (Phi) is 6.57. The molecule has 3 rings (SSSR count). The van der Waals surface area contributed by atoms with E-state index < -0.39 is 0 Å². The van der Waals surface area contributed by atoms with E-state index in [1.165, 1.54) is 17.2 Å². The van der Waals surface area contributed by atoms with Crippen LogP contribution < -0.4 is 14.8 Å². The lowest BCUT2D eigenvalue weighted by Gasteiger charge is -2.16. The van der Waals surface area contributed by atoms with Crippen LogP contribution in [0.25, 0.3) is 0 Å². The lowest BCUT2D eigenvalue weighted by atomic mass is 10.1. The predicted molar refractivity (Wildman–Crippen MR) is 115 cm³/mol. The van der Waals surface area contributed by atoms with E-state index in [4.69, 9.17) is 9.47 Å². The maximum atomic E-state index is 13.8. The van der Waals surface area contributed by atoms with E-state index in [-0.39, 0.29) is 12.4 Å². The average molecular weight is 444 g/mol. The van der Waals surface area contributed by atoms with E-state index in [2.05, 4.69) is 47.2 Å². The van der Waals surface area contributed by atoms with Crippen molar-refractivity contribution in [1.82, 2.24) is 0 Å². The number of benzene rings is 3. The molecule has 0 fully saturated rings. The first kappa shape index (κ1) is 20.2. The molecule has 0 heterocycles. The highest BCUT2D eigenvalue weighted by Crippen LogP contribution is 2.37. The van der Waals surface area contributed by atoms with Crippen LogP contribution in [0.5, 0.6) is 11.5 Å². The zero-order valence-corrected chi connectivity index (χ0v) is 17.8. The highest BCUT2D eigenvalue weighted by molar-refractivity contribution is 9.10. The minimum atomic E-state index is -0.285. The molecule has 1 N–H and O–H groups in total. The van der Waals surface area contributed by atoms with Crippen LogP contribution in [0, 0.1) is 19.7 Å². The smallest absolute Gasteiger partial charge is 0.175 e. The van der Waals surface area contributed by atoms with Gasteiger partial charge in [-0.05, 0) is 70.7 Å². The van der Waals surface area contributed by atoms with E-state index in [9.17, 15) is 4.39 Å². The molecule has 3 aromatic rings. The Morgan fingerprint density at radius 2 is 1.82 bits per heavy atom. The second kappa shape index (κ2) is 9.11. The molecule has 0 atom stereocenters. The standard InChI is InChI=1S/C23H23BrFNO2/c1-15-7-6-10-21(16(15)2)26-13-17-11-19(24)23(22(12-17)27-3)28-14-18-8-4-5-9-20(18)25/h4-12,26H,13-14H2,1-3H3. The Bertz CT molecular complexity index is 975. The summed E-state index contributed by atoms with van der Waals surface area (Å²) in [6.07, 6.45) is 0. The molecule has 28 heavy (non-hydrogen) atoms. The summed E-state index contributed by atoms with van der Waals surface area (Å²) in [7, 11) is 1.60. The van der Waals surface area contributed by atoms with Gasteiger partial charge in [0.15, 0.2) is 11.5 Å². The molecule has 0 unspecified atom stereocenters. The largest absolute Gasteiger partial charge is 0.493 e. The van der Waals surface area contributed by atoms with Gasteiger partial charge in [-0.15, -0.1) is 0 Å². The summed E-state index contributed by atoms with van der Waals surface area (Å²) in [6, 6.07) is 16.7.